The molecule has 3 aromatic rings. The van der Waals surface area contributed by atoms with E-state index in [0.717, 1.165) is 39.0 Å². The molecule has 6 heteroatoms. The Morgan fingerprint density at radius 1 is 0.634 bits per heavy atom. The Hall–Kier alpha value is -4.45. The fourth-order valence-electron chi connectivity index (χ4n) is 6.19. The first-order chi connectivity index (χ1) is 19.8. The second-order valence-electron chi connectivity index (χ2n) is 10.9. The average molecular weight is 551 g/mol. The Balaban J connectivity index is 1.55. The third kappa shape index (κ3) is 5.10. The number of allylic oxidation sites excluding steroid dienone is 3. The zero-order chi connectivity index (χ0) is 29.0. The van der Waals surface area contributed by atoms with Crippen LogP contribution in [0.3, 0.4) is 0 Å². The molecule has 0 bridgehead atoms. The van der Waals surface area contributed by atoms with Gasteiger partial charge in [-0.05, 0) is 66.5 Å². The lowest BCUT2D eigenvalue weighted by molar-refractivity contribution is -0.173. The number of hydrogen-bond acceptors (Lipinski definition) is 6. The average Bonchev–Trinajstić information content (AvgIpc) is 3.45. The summed E-state index contributed by atoms with van der Waals surface area (Å²) in [4.78, 5) is 41.3. The zero-order valence-electron chi connectivity index (χ0n) is 23.6. The number of esters is 3. The molecule has 1 atom stereocenters. The molecule has 1 fully saturated rings. The van der Waals surface area contributed by atoms with E-state index in [2.05, 4.69) is 0 Å². The first-order valence-corrected chi connectivity index (χ1v) is 13.8. The standard InChI is InChI=1S/C35H34O6/c1-24-19-35(33(38)39-3,28-17-11-6-12-18-28)25(2)30-21-34(20-29(24)30,31(36)40-22-26-13-7-4-8-14-26)32(37)41-23-27-15-9-5-10-16-27/h4-18H,19-23H2,1-3H3/t35-/m1/s1. The molecule has 6 nitrogen and oxygen atoms in total. The fourth-order valence-corrected chi connectivity index (χ4v) is 6.19. The normalized spacial score (nSPS) is 19.4. The van der Waals surface area contributed by atoms with Crippen LogP contribution in [0.25, 0.3) is 0 Å². The second kappa shape index (κ2) is 11.6. The molecule has 0 aromatic heterocycles. The third-order valence-electron chi connectivity index (χ3n) is 8.47. The molecule has 210 valence electrons. The minimum absolute atomic E-state index is 0.0412. The highest BCUT2D eigenvalue weighted by atomic mass is 16.6. The molecule has 0 N–H and O–H groups in total. The summed E-state index contributed by atoms with van der Waals surface area (Å²) < 4.78 is 16.9. The Bertz CT molecular complexity index is 1450. The highest BCUT2D eigenvalue weighted by molar-refractivity contribution is 6.02. The minimum Gasteiger partial charge on any atom is -0.468 e. The number of carbonyl (C=O) groups excluding carboxylic acids is 3. The molecule has 0 aliphatic heterocycles. The Labute approximate surface area is 240 Å². The van der Waals surface area contributed by atoms with E-state index in [1.807, 2.05) is 105 Å². The predicted molar refractivity (Wildman–Crippen MR) is 154 cm³/mol. The molecule has 2 aliphatic carbocycles. The van der Waals surface area contributed by atoms with Gasteiger partial charge in [-0.2, -0.15) is 0 Å². The van der Waals surface area contributed by atoms with E-state index < -0.39 is 22.8 Å². The van der Waals surface area contributed by atoms with Crippen LogP contribution >= 0.6 is 0 Å². The van der Waals surface area contributed by atoms with Crippen LogP contribution in [-0.2, 0) is 47.2 Å². The van der Waals surface area contributed by atoms with E-state index in [-0.39, 0.29) is 32.0 Å². The van der Waals surface area contributed by atoms with Gasteiger partial charge >= 0.3 is 17.9 Å². The van der Waals surface area contributed by atoms with Crippen LogP contribution in [-0.4, -0.2) is 25.0 Å². The lowest BCUT2D eigenvalue weighted by Crippen LogP contribution is -2.41. The summed E-state index contributed by atoms with van der Waals surface area (Å²) in [5.41, 5.74) is 3.27. The van der Waals surface area contributed by atoms with Gasteiger partial charge in [0.05, 0.1) is 7.11 Å². The number of fused-ring (bicyclic) bond motifs is 1. The highest BCUT2D eigenvalue weighted by Gasteiger charge is 2.58. The van der Waals surface area contributed by atoms with Crippen LogP contribution in [0.1, 0.15) is 49.8 Å². The Kier molecular flexibility index (Phi) is 7.93. The number of ether oxygens (including phenoxy) is 3. The molecule has 0 radical (unpaired) electrons. The number of benzene rings is 3. The van der Waals surface area contributed by atoms with Gasteiger partial charge in [-0.1, -0.05) is 96.6 Å². The summed E-state index contributed by atoms with van der Waals surface area (Å²) in [5.74, 6) is -1.63. The number of hydrogen-bond donors (Lipinski definition) is 0. The van der Waals surface area contributed by atoms with E-state index in [1.54, 1.807) is 0 Å². The molecule has 0 heterocycles. The van der Waals surface area contributed by atoms with Crippen molar-refractivity contribution in [2.24, 2.45) is 5.41 Å². The van der Waals surface area contributed by atoms with Crippen LogP contribution in [0.4, 0.5) is 0 Å². The van der Waals surface area contributed by atoms with Gasteiger partial charge in [0.1, 0.15) is 18.6 Å². The quantitative estimate of drug-likeness (QED) is 0.183. The van der Waals surface area contributed by atoms with Crippen LogP contribution in [0, 0.1) is 5.41 Å². The Morgan fingerprint density at radius 3 is 1.59 bits per heavy atom. The van der Waals surface area contributed by atoms with E-state index >= 15 is 0 Å². The molecule has 5 rings (SSSR count). The van der Waals surface area contributed by atoms with Gasteiger partial charge in [0.25, 0.3) is 0 Å². The molecular weight excluding hydrogens is 516 g/mol. The van der Waals surface area contributed by atoms with Gasteiger partial charge in [0.2, 0.25) is 0 Å². The van der Waals surface area contributed by atoms with Crippen molar-refractivity contribution in [2.45, 2.75) is 51.7 Å². The minimum atomic E-state index is -1.57. The molecule has 41 heavy (non-hydrogen) atoms. The second-order valence-corrected chi connectivity index (χ2v) is 10.9. The van der Waals surface area contributed by atoms with Crippen molar-refractivity contribution < 1.29 is 28.6 Å². The van der Waals surface area contributed by atoms with Crippen LogP contribution in [0.5, 0.6) is 0 Å². The van der Waals surface area contributed by atoms with Gasteiger partial charge in [-0.25, -0.2) is 0 Å². The van der Waals surface area contributed by atoms with Gasteiger partial charge in [0.15, 0.2) is 5.41 Å². The van der Waals surface area contributed by atoms with E-state index in [0.29, 0.717) is 6.42 Å². The first kappa shape index (κ1) is 28.1. The monoisotopic (exact) mass is 550 g/mol. The van der Waals surface area contributed by atoms with Gasteiger partial charge in [-0.3, -0.25) is 14.4 Å². The van der Waals surface area contributed by atoms with Crippen molar-refractivity contribution in [3.63, 3.8) is 0 Å². The molecule has 1 saturated carbocycles. The summed E-state index contributed by atoms with van der Waals surface area (Å²) in [6.45, 7) is 3.95. The SMILES string of the molecule is COC(=O)[C@]1(c2ccccc2)CC(C)=C2CC(C(=O)OCc3ccccc3)(C(=O)OCc3ccccc3)CC2=C1C. The largest absolute Gasteiger partial charge is 0.468 e. The topological polar surface area (TPSA) is 78.9 Å². The van der Waals surface area contributed by atoms with Crippen LogP contribution in [0.2, 0.25) is 0 Å². The lowest BCUT2D eigenvalue weighted by Gasteiger charge is -2.38. The first-order valence-electron chi connectivity index (χ1n) is 13.8. The van der Waals surface area contributed by atoms with E-state index in [1.165, 1.54) is 7.11 Å². The smallest absolute Gasteiger partial charge is 0.324 e. The fraction of sp³-hybridized carbons (Fsp3) is 0.286. The predicted octanol–water partition coefficient (Wildman–Crippen LogP) is 6.40. The molecular formula is C35H34O6. The van der Waals surface area contributed by atoms with Gasteiger partial charge in [-0.15, -0.1) is 0 Å². The molecule has 0 spiro atoms. The van der Waals surface area contributed by atoms with Crippen molar-refractivity contribution >= 4 is 17.9 Å². The summed E-state index contributed by atoms with van der Waals surface area (Å²) in [6, 6.07) is 28.3. The molecule has 3 aromatic carbocycles. The molecule has 2 aliphatic rings. The van der Waals surface area contributed by atoms with Crippen molar-refractivity contribution in [2.75, 3.05) is 7.11 Å². The lowest BCUT2D eigenvalue weighted by atomic mass is 9.65. The number of methoxy groups -OCH3 is 1. The summed E-state index contributed by atoms with van der Waals surface area (Å²) in [6.07, 6.45) is 0.625. The maximum atomic E-state index is 13.9. The van der Waals surface area contributed by atoms with Crippen LogP contribution < -0.4 is 0 Å². The van der Waals surface area contributed by atoms with E-state index in [9.17, 15) is 14.4 Å². The molecule has 0 amide bonds. The third-order valence-corrected chi connectivity index (χ3v) is 8.47. The maximum absolute atomic E-state index is 13.9. The molecule has 0 unspecified atom stereocenters. The Morgan fingerprint density at radius 2 is 1.10 bits per heavy atom. The number of carbonyl (C=O) groups is 3. The maximum Gasteiger partial charge on any atom is 0.324 e. The zero-order valence-corrected chi connectivity index (χ0v) is 23.6. The van der Waals surface area contributed by atoms with Crippen molar-refractivity contribution in [1.82, 2.24) is 0 Å². The molecule has 0 saturated heterocycles. The highest BCUT2D eigenvalue weighted by Crippen LogP contribution is 2.56. The summed E-state index contributed by atoms with van der Waals surface area (Å²) >= 11 is 0. The summed E-state index contributed by atoms with van der Waals surface area (Å²) in [5, 5.41) is 0. The number of rotatable bonds is 8. The van der Waals surface area contributed by atoms with Crippen molar-refractivity contribution in [3.8, 4) is 0 Å². The summed E-state index contributed by atoms with van der Waals surface area (Å²) in [7, 11) is 1.39. The van der Waals surface area contributed by atoms with Crippen molar-refractivity contribution in [1.29, 1.82) is 0 Å². The van der Waals surface area contributed by atoms with Gasteiger partial charge in [0, 0.05) is 0 Å². The van der Waals surface area contributed by atoms with Crippen LogP contribution in [0.15, 0.2) is 113 Å². The van der Waals surface area contributed by atoms with Gasteiger partial charge < -0.3 is 14.2 Å². The van der Waals surface area contributed by atoms with Crippen molar-refractivity contribution in [3.05, 3.63) is 130 Å². The van der Waals surface area contributed by atoms with E-state index in [4.69, 9.17) is 14.2 Å².